The number of hydrogen-bond donors (Lipinski definition) is 0. The molecule has 4 aromatic rings. The molecule has 2 heteroatoms. The van der Waals surface area contributed by atoms with Gasteiger partial charge in [0, 0.05) is 6.42 Å². The minimum absolute atomic E-state index is 0.565. The number of alkyl halides is 2. The SMILES string of the molecule is ClC1(Cl)CC(c2ccccc2)=C(c2ccccc2)c2cc3ccccc3cc21. The largest absolute Gasteiger partial charge is 0.147 e. The molecule has 1 aliphatic rings. The van der Waals surface area contributed by atoms with Crippen LogP contribution in [0.2, 0.25) is 0 Å². The molecule has 0 saturated carbocycles. The van der Waals surface area contributed by atoms with Crippen LogP contribution in [-0.4, -0.2) is 0 Å². The van der Waals surface area contributed by atoms with E-state index in [1.54, 1.807) is 0 Å². The molecule has 0 amide bonds. The van der Waals surface area contributed by atoms with E-state index >= 15 is 0 Å². The summed E-state index contributed by atoms with van der Waals surface area (Å²) in [6, 6.07) is 33.7. The van der Waals surface area contributed by atoms with Gasteiger partial charge in [-0.25, -0.2) is 0 Å². The Morgan fingerprint density at radius 2 is 1.14 bits per heavy atom. The van der Waals surface area contributed by atoms with E-state index in [1.165, 1.54) is 22.1 Å². The van der Waals surface area contributed by atoms with Crippen LogP contribution < -0.4 is 0 Å². The van der Waals surface area contributed by atoms with Crippen molar-refractivity contribution in [3.63, 3.8) is 0 Å². The second-order valence-corrected chi connectivity index (χ2v) is 8.70. The Bertz CT molecular complexity index is 1190. The molecule has 0 atom stereocenters. The summed E-state index contributed by atoms with van der Waals surface area (Å²) >= 11 is 13.9. The molecule has 28 heavy (non-hydrogen) atoms. The normalized spacial score (nSPS) is 15.5. The van der Waals surface area contributed by atoms with Gasteiger partial charge >= 0.3 is 0 Å². The summed E-state index contributed by atoms with van der Waals surface area (Å²) in [6.45, 7) is 0. The summed E-state index contributed by atoms with van der Waals surface area (Å²) in [5, 5.41) is 2.34. The lowest BCUT2D eigenvalue weighted by Gasteiger charge is -2.33. The van der Waals surface area contributed by atoms with E-state index in [0.717, 1.165) is 22.1 Å². The molecule has 0 fully saturated rings. The highest BCUT2D eigenvalue weighted by Crippen LogP contribution is 2.53. The van der Waals surface area contributed by atoms with Crippen LogP contribution >= 0.6 is 23.2 Å². The van der Waals surface area contributed by atoms with Crippen molar-refractivity contribution in [2.24, 2.45) is 0 Å². The van der Waals surface area contributed by atoms with Crippen LogP contribution in [0.3, 0.4) is 0 Å². The lowest BCUT2D eigenvalue weighted by atomic mass is 9.78. The zero-order chi connectivity index (χ0) is 19.1. The van der Waals surface area contributed by atoms with Crippen LogP contribution in [0, 0.1) is 0 Å². The molecule has 5 rings (SSSR count). The Hall–Kier alpha value is -2.54. The van der Waals surface area contributed by atoms with Gasteiger partial charge < -0.3 is 0 Å². The van der Waals surface area contributed by atoms with Gasteiger partial charge in [-0.2, -0.15) is 0 Å². The van der Waals surface area contributed by atoms with Gasteiger partial charge in [0.25, 0.3) is 0 Å². The summed E-state index contributed by atoms with van der Waals surface area (Å²) in [7, 11) is 0. The average Bonchev–Trinajstić information content (AvgIpc) is 2.73. The predicted octanol–water partition coefficient (Wildman–Crippen LogP) is 7.83. The molecule has 0 saturated heterocycles. The van der Waals surface area contributed by atoms with E-state index in [4.69, 9.17) is 23.2 Å². The highest BCUT2D eigenvalue weighted by molar-refractivity contribution is 6.49. The number of halogens is 2. The van der Waals surface area contributed by atoms with Crippen molar-refractivity contribution in [1.29, 1.82) is 0 Å². The van der Waals surface area contributed by atoms with Crippen LogP contribution in [-0.2, 0) is 4.33 Å². The van der Waals surface area contributed by atoms with Crippen LogP contribution in [0.25, 0.3) is 21.9 Å². The van der Waals surface area contributed by atoms with E-state index < -0.39 is 4.33 Å². The molecule has 0 bridgehead atoms. The van der Waals surface area contributed by atoms with Crippen molar-refractivity contribution < 1.29 is 0 Å². The second-order valence-electron chi connectivity index (χ2n) is 7.21. The fourth-order valence-corrected chi connectivity index (χ4v) is 4.72. The third kappa shape index (κ3) is 2.94. The Labute approximate surface area is 175 Å². The Morgan fingerprint density at radius 1 is 0.607 bits per heavy atom. The van der Waals surface area contributed by atoms with Gasteiger partial charge in [0.05, 0.1) is 0 Å². The molecular weight excluding hydrogens is 383 g/mol. The Balaban J connectivity index is 1.89. The van der Waals surface area contributed by atoms with Crippen molar-refractivity contribution in [2.45, 2.75) is 10.8 Å². The van der Waals surface area contributed by atoms with Crippen molar-refractivity contribution >= 4 is 45.1 Å². The monoisotopic (exact) mass is 400 g/mol. The van der Waals surface area contributed by atoms with E-state index in [9.17, 15) is 0 Å². The molecule has 0 aromatic heterocycles. The van der Waals surface area contributed by atoms with Gasteiger partial charge in [-0.15, -0.1) is 0 Å². The average molecular weight is 401 g/mol. The maximum absolute atomic E-state index is 6.93. The minimum atomic E-state index is -0.969. The van der Waals surface area contributed by atoms with Gasteiger partial charge in [0.1, 0.15) is 4.33 Å². The van der Waals surface area contributed by atoms with Crippen LogP contribution in [0.4, 0.5) is 0 Å². The smallest absolute Gasteiger partial charge is 0.0959 e. The quantitative estimate of drug-likeness (QED) is 0.300. The maximum Gasteiger partial charge on any atom is 0.147 e. The summed E-state index contributed by atoms with van der Waals surface area (Å²) in [5.74, 6) is 0. The molecule has 0 nitrogen and oxygen atoms in total. The lowest BCUT2D eigenvalue weighted by molar-refractivity contribution is 0.865. The van der Waals surface area contributed by atoms with Crippen molar-refractivity contribution in [3.8, 4) is 0 Å². The zero-order valence-electron chi connectivity index (χ0n) is 15.2. The lowest BCUT2D eigenvalue weighted by Crippen LogP contribution is -2.19. The zero-order valence-corrected chi connectivity index (χ0v) is 16.7. The molecule has 0 spiro atoms. The topological polar surface area (TPSA) is 0 Å². The van der Waals surface area contributed by atoms with Crippen molar-refractivity contribution in [2.75, 3.05) is 0 Å². The van der Waals surface area contributed by atoms with Crippen LogP contribution in [0.5, 0.6) is 0 Å². The fourth-order valence-electron chi connectivity index (χ4n) is 4.14. The maximum atomic E-state index is 6.93. The molecule has 4 aromatic carbocycles. The van der Waals surface area contributed by atoms with E-state index in [0.29, 0.717) is 6.42 Å². The third-order valence-electron chi connectivity index (χ3n) is 5.43. The number of hydrogen-bond acceptors (Lipinski definition) is 0. The van der Waals surface area contributed by atoms with Gasteiger partial charge in [0.2, 0.25) is 0 Å². The van der Waals surface area contributed by atoms with E-state index in [-0.39, 0.29) is 0 Å². The first kappa shape index (κ1) is 17.6. The van der Waals surface area contributed by atoms with E-state index in [2.05, 4.69) is 78.9 Å². The highest BCUT2D eigenvalue weighted by atomic mass is 35.5. The molecule has 136 valence electrons. The van der Waals surface area contributed by atoms with Gasteiger partial charge in [-0.3, -0.25) is 0 Å². The Morgan fingerprint density at radius 3 is 1.79 bits per heavy atom. The van der Waals surface area contributed by atoms with Gasteiger partial charge in [0.15, 0.2) is 0 Å². The second kappa shape index (κ2) is 6.81. The van der Waals surface area contributed by atoms with Crippen LogP contribution in [0.1, 0.15) is 28.7 Å². The highest BCUT2D eigenvalue weighted by Gasteiger charge is 2.37. The number of fused-ring (bicyclic) bond motifs is 2. The minimum Gasteiger partial charge on any atom is -0.0959 e. The molecule has 0 heterocycles. The summed E-state index contributed by atoms with van der Waals surface area (Å²) in [4.78, 5) is 0. The summed E-state index contributed by atoms with van der Waals surface area (Å²) in [6.07, 6.45) is 0.565. The molecule has 0 unspecified atom stereocenters. The van der Waals surface area contributed by atoms with Gasteiger partial charge in [-0.05, 0) is 56.3 Å². The predicted molar refractivity (Wildman–Crippen MR) is 121 cm³/mol. The number of benzene rings is 4. The van der Waals surface area contributed by atoms with Crippen molar-refractivity contribution in [1.82, 2.24) is 0 Å². The fraction of sp³-hybridized carbons (Fsp3) is 0.0769. The first-order valence-corrected chi connectivity index (χ1v) is 10.1. The third-order valence-corrected chi connectivity index (χ3v) is 6.11. The molecule has 0 N–H and O–H groups in total. The summed E-state index contributed by atoms with van der Waals surface area (Å²) in [5.41, 5.74) is 6.82. The molecule has 1 aliphatic carbocycles. The Kier molecular flexibility index (Phi) is 4.27. The molecule has 0 radical (unpaired) electrons. The van der Waals surface area contributed by atoms with Gasteiger partial charge in [-0.1, -0.05) is 108 Å². The first-order valence-electron chi connectivity index (χ1n) is 9.39. The van der Waals surface area contributed by atoms with Crippen LogP contribution in [0.15, 0.2) is 97.1 Å². The van der Waals surface area contributed by atoms with Crippen molar-refractivity contribution in [3.05, 3.63) is 119 Å². The number of allylic oxidation sites excluding steroid dienone is 1. The molecular formula is C26H18Cl2. The standard InChI is InChI=1S/C26H18Cl2/c27-26(28)17-23(18-9-3-1-4-10-18)25(19-11-5-2-6-12-19)22-15-20-13-7-8-14-21(20)16-24(22)26/h1-16H,17H2. The summed E-state index contributed by atoms with van der Waals surface area (Å²) < 4.78 is -0.969. The first-order chi connectivity index (χ1) is 13.6. The van der Waals surface area contributed by atoms with E-state index in [1.807, 2.05) is 18.2 Å². The number of rotatable bonds is 2. The molecule has 0 aliphatic heterocycles.